The highest BCUT2D eigenvalue weighted by Gasteiger charge is 2.15. The van der Waals surface area contributed by atoms with Gasteiger partial charge in [0.2, 0.25) is 0 Å². The van der Waals surface area contributed by atoms with Crippen LogP contribution >= 0.6 is 22.6 Å². The molecule has 0 aliphatic heterocycles. The lowest BCUT2D eigenvalue weighted by atomic mass is 10.1. The van der Waals surface area contributed by atoms with Crippen LogP contribution in [0.1, 0.15) is 34.0 Å². The molecule has 0 aliphatic carbocycles. The second kappa shape index (κ2) is 12.7. The lowest BCUT2D eigenvalue weighted by molar-refractivity contribution is -0.112. The maximum atomic E-state index is 12.7. The summed E-state index contributed by atoms with van der Waals surface area (Å²) < 4.78 is 17.2. The van der Waals surface area contributed by atoms with Crippen LogP contribution < -0.4 is 14.8 Å². The molecule has 0 heterocycles. The van der Waals surface area contributed by atoms with Crippen LogP contribution in [0.2, 0.25) is 0 Å². The summed E-state index contributed by atoms with van der Waals surface area (Å²) in [6.07, 6.45) is 1.48. The van der Waals surface area contributed by atoms with Crippen molar-refractivity contribution in [3.63, 3.8) is 0 Å². The summed E-state index contributed by atoms with van der Waals surface area (Å²) in [7, 11) is 1.54. The Morgan fingerprint density at radius 1 is 1.08 bits per heavy atom. The van der Waals surface area contributed by atoms with Crippen molar-refractivity contribution in [2.24, 2.45) is 0 Å². The van der Waals surface area contributed by atoms with Crippen molar-refractivity contribution in [1.82, 2.24) is 0 Å². The van der Waals surface area contributed by atoms with Gasteiger partial charge in [-0.15, -0.1) is 0 Å². The fourth-order valence-electron chi connectivity index (χ4n) is 3.22. The van der Waals surface area contributed by atoms with E-state index in [9.17, 15) is 14.9 Å². The number of benzene rings is 3. The molecule has 1 amide bonds. The monoisotopic (exact) mass is 596 g/mol. The van der Waals surface area contributed by atoms with Gasteiger partial charge in [-0.3, -0.25) is 4.79 Å². The Bertz CT molecular complexity index is 1310. The number of aryl methyl sites for hydroxylation is 1. The van der Waals surface area contributed by atoms with Gasteiger partial charge in [0, 0.05) is 5.69 Å². The lowest BCUT2D eigenvalue weighted by Gasteiger charge is -2.14. The van der Waals surface area contributed by atoms with Gasteiger partial charge in [-0.25, -0.2) is 4.79 Å². The van der Waals surface area contributed by atoms with Crippen LogP contribution in [0.25, 0.3) is 6.08 Å². The topological polar surface area (TPSA) is 97.7 Å². The molecule has 3 aromatic rings. The first-order chi connectivity index (χ1) is 17.3. The third-order valence-corrected chi connectivity index (χ3v) is 5.89. The molecule has 0 atom stereocenters. The molecule has 0 aliphatic rings. The highest BCUT2D eigenvalue weighted by molar-refractivity contribution is 14.1. The van der Waals surface area contributed by atoms with E-state index in [1.165, 1.54) is 18.7 Å². The van der Waals surface area contributed by atoms with Gasteiger partial charge in [-0.2, -0.15) is 5.26 Å². The Hall–Kier alpha value is -3.84. The largest absolute Gasteiger partial charge is 0.493 e. The summed E-state index contributed by atoms with van der Waals surface area (Å²) >= 11 is 2.14. The van der Waals surface area contributed by atoms with Gasteiger partial charge >= 0.3 is 5.97 Å². The number of hydrogen-bond donors (Lipinski definition) is 1. The smallest absolute Gasteiger partial charge is 0.338 e. The van der Waals surface area contributed by atoms with E-state index in [1.807, 2.05) is 43.3 Å². The summed E-state index contributed by atoms with van der Waals surface area (Å²) in [6.45, 7) is 4.41. The average Bonchev–Trinajstić information content (AvgIpc) is 2.87. The average molecular weight is 596 g/mol. The van der Waals surface area contributed by atoms with Crippen LogP contribution in [-0.4, -0.2) is 25.6 Å². The lowest BCUT2D eigenvalue weighted by Crippen LogP contribution is -2.13. The molecule has 0 aromatic heterocycles. The number of hydrogen-bond acceptors (Lipinski definition) is 6. The molecule has 0 spiro atoms. The first-order valence-electron chi connectivity index (χ1n) is 11.1. The molecule has 7 nitrogen and oxygen atoms in total. The zero-order chi connectivity index (χ0) is 26.1. The van der Waals surface area contributed by atoms with Crippen LogP contribution in [0.15, 0.2) is 66.2 Å². The minimum Gasteiger partial charge on any atom is -0.493 e. The Kier molecular flexibility index (Phi) is 9.47. The second-order valence-corrected chi connectivity index (χ2v) is 8.89. The van der Waals surface area contributed by atoms with Gasteiger partial charge < -0.3 is 19.5 Å². The number of carbonyl (C=O) groups excluding carboxylic acids is 2. The third-order valence-electron chi connectivity index (χ3n) is 5.09. The van der Waals surface area contributed by atoms with E-state index in [-0.39, 0.29) is 12.2 Å². The number of anilines is 1. The normalized spacial score (nSPS) is 10.8. The third kappa shape index (κ3) is 7.09. The maximum absolute atomic E-state index is 12.7. The SMILES string of the molecule is CCOC(=O)c1ccc(NC(=O)/C(C#N)=C/c2cc(I)c(OCc3ccc(C)cc3)c(OC)c2)cc1. The molecular weight excluding hydrogens is 571 g/mol. The molecular formula is C28H25IN2O5. The fourth-order valence-corrected chi connectivity index (χ4v) is 4.00. The van der Waals surface area contributed by atoms with Gasteiger partial charge in [0.15, 0.2) is 11.5 Å². The van der Waals surface area contributed by atoms with Crippen molar-refractivity contribution in [3.05, 3.63) is 92.1 Å². The van der Waals surface area contributed by atoms with Crippen LogP contribution in [0.4, 0.5) is 5.69 Å². The van der Waals surface area contributed by atoms with E-state index in [0.29, 0.717) is 34.9 Å². The minimum atomic E-state index is -0.574. The first kappa shape index (κ1) is 26.8. The Balaban J connectivity index is 1.75. The standard InChI is InChI=1S/C28H25IN2O5/c1-4-35-28(33)21-9-11-23(12-10-21)31-27(32)22(16-30)13-20-14-24(29)26(25(15-20)34-3)36-17-19-7-5-18(2)6-8-19/h5-15H,4,17H2,1-3H3,(H,31,32)/b22-13+. The predicted octanol–water partition coefficient (Wildman–Crippen LogP) is 5.91. The molecule has 0 radical (unpaired) electrons. The summed E-state index contributed by atoms with van der Waals surface area (Å²) in [5, 5.41) is 12.3. The van der Waals surface area contributed by atoms with Crippen LogP contribution in [-0.2, 0) is 16.1 Å². The molecule has 0 saturated carbocycles. The van der Waals surface area contributed by atoms with Crippen molar-refractivity contribution in [2.75, 3.05) is 19.0 Å². The van der Waals surface area contributed by atoms with Crippen molar-refractivity contribution in [1.29, 1.82) is 5.26 Å². The summed E-state index contributed by atoms with van der Waals surface area (Å²) in [6, 6.07) is 19.8. The Labute approximate surface area is 223 Å². The number of methoxy groups -OCH3 is 1. The zero-order valence-electron chi connectivity index (χ0n) is 20.1. The molecule has 8 heteroatoms. The number of nitrogens with zero attached hydrogens (tertiary/aromatic N) is 1. The minimum absolute atomic E-state index is 0.0874. The zero-order valence-corrected chi connectivity index (χ0v) is 22.3. The number of halogens is 1. The summed E-state index contributed by atoms with van der Waals surface area (Å²) in [4.78, 5) is 24.5. The predicted molar refractivity (Wildman–Crippen MR) is 146 cm³/mol. The number of carbonyl (C=O) groups is 2. The van der Waals surface area contributed by atoms with E-state index < -0.39 is 11.9 Å². The molecule has 0 fully saturated rings. The van der Waals surface area contributed by atoms with Gasteiger partial charge in [-0.1, -0.05) is 29.8 Å². The Morgan fingerprint density at radius 2 is 1.78 bits per heavy atom. The molecule has 184 valence electrons. The van der Waals surface area contributed by atoms with Crippen LogP contribution in [0.3, 0.4) is 0 Å². The number of rotatable bonds is 9. The molecule has 36 heavy (non-hydrogen) atoms. The molecule has 3 rings (SSSR count). The number of nitrogens with one attached hydrogen (secondary N) is 1. The maximum Gasteiger partial charge on any atom is 0.338 e. The molecule has 0 unspecified atom stereocenters. The van der Waals surface area contributed by atoms with E-state index >= 15 is 0 Å². The summed E-state index contributed by atoms with van der Waals surface area (Å²) in [5.74, 6) is 0.0610. The highest BCUT2D eigenvalue weighted by atomic mass is 127. The molecule has 0 bridgehead atoms. The quantitative estimate of drug-likeness (QED) is 0.143. The highest BCUT2D eigenvalue weighted by Crippen LogP contribution is 2.35. The van der Waals surface area contributed by atoms with E-state index in [1.54, 1.807) is 37.3 Å². The van der Waals surface area contributed by atoms with Crippen LogP contribution in [0.5, 0.6) is 11.5 Å². The molecule has 3 aromatic carbocycles. The fraction of sp³-hybridized carbons (Fsp3) is 0.179. The van der Waals surface area contributed by atoms with Crippen molar-refractivity contribution in [2.45, 2.75) is 20.5 Å². The van der Waals surface area contributed by atoms with Gasteiger partial charge in [0.25, 0.3) is 5.91 Å². The molecule has 1 N–H and O–H groups in total. The number of esters is 1. The number of amides is 1. The van der Waals surface area contributed by atoms with Gasteiger partial charge in [-0.05, 0) is 90.0 Å². The van der Waals surface area contributed by atoms with E-state index in [4.69, 9.17) is 14.2 Å². The first-order valence-corrected chi connectivity index (χ1v) is 12.2. The van der Waals surface area contributed by atoms with Gasteiger partial charge in [0.05, 0.1) is 22.9 Å². The second-order valence-electron chi connectivity index (χ2n) is 7.73. The number of nitriles is 1. The van der Waals surface area contributed by atoms with E-state index in [2.05, 4.69) is 27.9 Å². The Morgan fingerprint density at radius 3 is 2.39 bits per heavy atom. The van der Waals surface area contributed by atoms with E-state index in [0.717, 1.165) is 9.13 Å². The number of ether oxygens (including phenoxy) is 3. The van der Waals surface area contributed by atoms with Crippen molar-refractivity contribution in [3.8, 4) is 17.6 Å². The van der Waals surface area contributed by atoms with Crippen LogP contribution in [0, 0.1) is 21.8 Å². The summed E-state index contributed by atoms with van der Waals surface area (Å²) in [5.41, 5.74) is 3.55. The molecule has 0 saturated heterocycles. The van der Waals surface area contributed by atoms with Crippen molar-refractivity contribution >= 4 is 46.2 Å². The van der Waals surface area contributed by atoms with Gasteiger partial charge in [0.1, 0.15) is 18.2 Å². The van der Waals surface area contributed by atoms with Crippen molar-refractivity contribution < 1.29 is 23.8 Å².